The number of benzene rings is 1. The summed E-state index contributed by atoms with van der Waals surface area (Å²) in [7, 11) is 1.73. The van der Waals surface area contributed by atoms with Crippen LogP contribution in [0, 0.1) is 17.8 Å². The smallest absolute Gasteiger partial charge is 0.245 e. The van der Waals surface area contributed by atoms with Gasteiger partial charge in [0.05, 0.1) is 7.11 Å². The van der Waals surface area contributed by atoms with Crippen molar-refractivity contribution in [1.29, 1.82) is 0 Å². The van der Waals surface area contributed by atoms with E-state index in [1.165, 1.54) is 11.3 Å². The third-order valence-electron chi connectivity index (χ3n) is 7.91. The first kappa shape index (κ1) is 24.9. The number of hydrogen-bond acceptors (Lipinski definition) is 4. The standard InChI is InChI=1S/C26H39N3O2.ClH/c1-16(2)29(17(3)4)25(30)24-18(5)22-13-20-15-27-11-10-26(20,14-23(22)28-24)19-8-7-9-21(12-19)31-6;/h7-9,12,14,16-18,20,22,24,27-28H,10-11,13,15H2,1-6H3;1H. The van der Waals surface area contributed by atoms with E-state index in [0.717, 1.165) is 31.7 Å². The van der Waals surface area contributed by atoms with E-state index in [4.69, 9.17) is 4.74 Å². The van der Waals surface area contributed by atoms with Crippen molar-refractivity contribution in [2.75, 3.05) is 20.2 Å². The summed E-state index contributed by atoms with van der Waals surface area (Å²) in [5, 5.41) is 7.33. The number of amides is 1. The maximum atomic E-state index is 13.5. The number of nitrogens with one attached hydrogen (secondary N) is 2. The van der Waals surface area contributed by atoms with Crippen LogP contribution in [-0.4, -0.2) is 49.1 Å². The van der Waals surface area contributed by atoms with Crippen LogP contribution in [0.25, 0.3) is 0 Å². The number of carbonyl (C=O) groups excluding carboxylic acids is 1. The van der Waals surface area contributed by atoms with Crippen LogP contribution < -0.4 is 15.4 Å². The third-order valence-corrected chi connectivity index (χ3v) is 7.91. The van der Waals surface area contributed by atoms with Gasteiger partial charge in [0, 0.05) is 29.1 Å². The highest BCUT2D eigenvalue weighted by molar-refractivity contribution is 5.85. The first-order valence-corrected chi connectivity index (χ1v) is 11.9. The van der Waals surface area contributed by atoms with Crippen LogP contribution in [0.2, 0.25) is 0 Å². The fraction of sp³-hybridized carbons (Fsp3) is 0.654. The molecule has 2 heterocycles. The summed E-state index contributed by atoms with van der Waals surface area (Å²) < 4.78 is 5.54. The molecule has 3 aliphatic rings. The monoisotopic (exact) mass is 461 g/mol. The predicted molar refractivity (Wildman–Crippen MR) is 132 cm³/mol. The van der Waals surface area contributed by atoms with E-state index in [1.54, 1.807) is 7.11 Å². The largest absolute Gasteiger partial charge is 0.497 e. The van der Waals surface area contributed by atoms with Gasteiger partial charge < -0.3 is 20.3 Å². The molecule has 5 nitrogen and oxygen atoms in total. The molecule has 6 heteroatoms. The summed E-state index contributed by atoms with van der Waals surface area (Å²) >= 11 is 0. The van der Waals surface area contributed by atoms with Crippen molar-refractivity contribution in [3.05, 3.63) is 41.6 Å². The minimum atomic E-state index is -0.142. The lowest BCUT2D eigenvalue weighted by molar-refractivity contribution is -0.137. The Labute approximate surface area is 199 Å². The van der Waals surface area contributed by atoms with Crippen molar-refractivity contribution in [2.45, 2.75) is 71.0 Å². The van der Waals surface area contributed by atoms with Gasteiger partial charge in [0.25, 0.3) is 0 Å². The minimum Gasteiger partial charge on any atom is -0.497 e. The fourth-order valence-corrected chi connectivity index (χ4v) is 6.38. The number of nitrogens with zero attached hydrogens (tertiary/aromatic N) is 1. The molecule has 32 heavy (non-hydrogen) atoms. The number of rotatable bonds is 5. The molecule has 0 bridgehead atoms. The molecule has 1 amide bonds. The molecule has 0 spiro atoms. The SMILES string of the molecule is COc1cccc(C23C=C4NC(C(=O)N(C(C)C)C(C)C)C(C)C4CC2CNCC3)c1.Cl. The van der Waals surface area contributed by atoms with Crippen LogP contribution in [0.4, 0.5) is 0 Å². The molecule has 0 aromatic heterocycles. The highest BCUT2D eigenvalue weighted by Gasteiger charge is 2.51. The lowest BCUT2D eigenvalue weighted by Gasteiger charge is -2.48. The van der Waals surface area contributed by atoms with E-state index in [1.807, 2.05) is 11.0 Å². The van der Waals surface area contributed by atoms with Crippen molar-refractivity contribution in [3.8, 4) is 5.75 Å². The Kier molecular flexibility index (Phi) is 7.51. The second kappa shape index (κ2) is 9.64. The van der Waals surface area contributed by atoms with Gasteiger partial charge in [0.2, 0.25) is 5.91 Å². The van der Waals surface area contributed by atoms with Crippen LogP contribution in [-0.2, 0) is 10.2 Å². The normalized spacial score (nSPS) is 31.2. The Bertz CT molecular complexity index is 847. The van der Waals surface area contributed by atoms with E-state index in [9.17, 15) is 4.79 Å². The molecule has 1 aliphatic carbocycles. The van der Waals surface area contributed by atoms with Gasteiger partial charge >= 0.3 is 0 Å². The molecular formula is C26H40ClN3O2. The van der Waals surface area contributed by atoms with Gasteiger partial charge in [0.1, 0.15) is 11.8 Å². The molecule has 4 rings (SSSR count). The fourth-order valence-electron chi connectivity index (χ4n) is 6.38. The Balaban J connectivity index is 0.00000289. The zero-order valence-corrected chi connectivity index (χ0v) is 21.2. The Hall–Kier alpha value is -1.72. The molecular weight excluding hydrogens is 422 g/mol. The molecule has 178 valence electrons. The van der Waals surface area contributed by atoms with Gasteiger partial charge in [-0.15, -0.1) is 12.4 Å². The molecule has 0 saturated carbocycles. The number of halogens is 1. The lowest BCUT2D eigenvalue weighted by atomic mass is 9.59. The second-order valence-corrected chi connectivity index (χ2v) is 10.3. The predicted octanol–water partition coefficient (Wildman–Crippen LogP) is 4.12. The number of methoxy groups -OCH3 is 1. The summed E-state index contributed by atoms with van der Waals surface area (Å²) in [4.78, 5) is 15.6. The van der Waals surface area contributed by atoms with E-state index < -0.39 is 0 Å². The Morgan fingerprint density at radius 3 is 2.59 bits per heavy atom. The molecule has 5 unspecified atom stereocenters. The first-order valence-electron chi connectivity index (χ1n) is 11.9. The molecule has 1 aromatic carbocycles. The summed E-state index contributed by atoms with van der Waals surface area (Å²) in [5.74, 6) is 2.38. The summed E-state index contributed by atoms with van der Waals surface area (Å²) in [6.45, 7) is 12.7. The van der Waals surface area contributed by atoms with Crippen LogP contribution in [0.1, 0.15) is 53.0 Å². The van der Waals surface area contributed by atoms with Gasteiger partial charge in [-0.2, -0.15) is 0 Å². The molecule has 2 saturated heterocycles. The lowest BCUT2D eigenvalue weighted by Crippen LogP contribution is -2.51. The maximum absolute atomic E-state index is 13.5. The van der Waals surface area contributed by atoms with E-state index in [2.05, 4.69) is 69.5 Å². The zero-order chi connectivity index (χ0) is 22.3. The highest BCUT2D eigenvalue weighted by Crippen LogP contribution is 2.51. The van der Waals surface area contributed by atoms with Crippen molar-refractivity contribution in [1.82, 2.24) is 15.5 Å². The average Bonchev–Trinajstić information content (AvgIpc) is 3.06. The van der Waals surface area contributed by atoms with Crippen LogP contribution in [0.3, 0.4) is 0 Å². The third kappa shape index (κ3) is 4.14. The van der Waals surface area contributed by atoms with E-state index in [-0.39, 0.29) is 41.9 Å². The number of allylic oxidation sites excluding steroid dienone is 2. The maximum Gasteiger partial charge on any atom is 0.245 e. The van der Waals surface area contributed by atoms with E-state index >= 15 is 0 Å². The van der Waals surface area contributed by atoms with Crippen molar-refractivity contribution in [3.63, 3.8) is 0 Å². The second-order valence-electron chi connectivity index (χ2n) is 10.3. The molecule has 0 radical (unpaired) electrons. The van der Waals surface area contributed by atoms with Gasteiger partial charge in [0.15, 0.2) is 0 Å². The number of hydrogen-bond donors (Lipinski definition) is 2. The Morgan fingerprint density at radius 1 is 1.22 bits per heavy atom. The van der Waals surface area contributed by atoms with Gasteiger partial charge in [-0.3, -0.25) is 4.79 Å². The number of piperidine rings is 1. The summed E-state index contributed by atoms with van der Waals surface area (Å²) in [6.07, 6.45) is 4.66. The van der Waals surface area contributed by atoms with Gasteiger partial charge in [-0.1, -0.05) is 25.1 Å². The zero-order valence-electron chi connectivity index (χ0n) is 20.4. The quantitative estimate of drug-likeness (QED) is 0.692. The average molecular weight is 462 g/mol. The van der Waals surface area contributed by atoms with Crippen molar-refractivity contribution in [2.24, 2.45) is 17.8 Å². The molecule has 2 aliphatic heterocycles. The molecule has 5 atom stereocenters. The number of carbonyl (C=O) groups is 1. The van der Waals surface area contributed by atoms with Crippen molar-refractivity contribution >= 4 is 18.3 Å². The number of fused-ring (bicyclic) bond motifs is 2. The van der Waals surface area contributed by atoms with Crippen molar-refractivity contribution < 1.29 is 9.53 Å². The van der Waals surface area contributed by atoms with E-state index in [0.29, 0.717) is 17.8 Å². The molecule has 2 N–H and O–H groups in total. The van der Waals surface area contributed by atoms with Crippen LogP contribution in [0.15, 0.2) is 36.0 Å². The van der Waals surface area contributed by atoms with Gasteiger partial charge in [-0.05, 0) is 83.2 Å². The van der Waals surface area contributed by atoms with Crippen LogP contribution in [0.5, 0.6) is 5.75 Å². The summed E-state index contributed by atoms with van der Waals surface area (Å²) in [5.41, 5.74) is 2.60. The number of ether oxygens (including phenoxy) is 1. The van der Waals surface area contributed by atoms with Crippen LogP contribution >= 0.6 is 12.4 Å². The Morgan fingerprint density at radius 2 is 1.94 bits per heavy atom. The van der Waals surface area contributed by atoms with Gasteiger partial charge in [-0.25, -0.2) is 0 Å². The minimum absolute atomic E-state index is 0. The topological polar surface area (TPSA) is 53.6 Å². The molecule has 1 aromatic rings. The highest BCUT2D eigenvalue weighted by atomic mass is 35.5. The molecule has 2 fully saturated rings. The first-order chi connectivity index (χ1) is 14.8. The summed E-state index contributed by atoms with van der Waals surface area (Å²) in [6, 6.07) is 8.84.